The number of aliphatic imine (C=N–C) groups is 1. The lowest BCUT2D eigenvalue weighted by atomic mass is 10.0. The first-order valence-electron chi connectivity index (χ1n) is 9.78. The van der Waals surface area contributed by atoms with Crippen molar-refractivity contribution in [1.29, 1.82) is 0 Å². The zero-order valence-electron chi connectivity index (χ0n) is 17.0. The van der Waals surface area contributed by atoms with Gasteiger partial charge in [0.05, 0.1) is 18.2 Å². The molecule has 1 aromatic heterocycles. The second-order valence-corrected chi connectivity index (χ2v) is 7.83. The first kappa shape index (κ1) is 23.1. The summed E-state index contributed by atoms with van der Waals surface area (Å²) < 4.78 is 6.06. The van der Waals surface area contributed by atoms with Crippen molar-refractivity contribution in [2.45, 2.75) is 39.7 Å². The van der Waals surface area contributed by atoms with Crippen LogP contribution in [0.2, 0.25) is 0 Å². The monoisotopic (exact) mass is 514 g/mol. The molecular formula is C21H31IN4OS. The van der Waals surface area contributed by atoms with Crippen LogP contribution in [0.1, 0.15) is 41.3 Å². The van der Waals surface area contributed by atoms with Crippen molar-refractivity contribution in [2.24, 2.45) is 4.99 Å². The number of ether oxygens (including phenoxy) is 1. The maximum atomic E-state index is 6.06. The Morgan fingerprint density at radius 2 is 2.18 bits per heavy atom. The maximum Gasteiger partial charge on any atom is 0.194 e. The Morgan fingerprint density at radius 1 is 1.36 bits per heavy atom. The number of thiazole rings is 1. The highest BCUT2D eigenvalue weighted by Gasteiger charge is 2.25. The molecule has 1 N–H and O–H groups in total. The van der Waals surface area contributed by atoms with Crippen LogP contribution in [0.5, 0.6) is 0 Å². The summed E-state index contributed by atoms with van der Waals surface area (Å²) in [6, 6.07) is 8.49. The normalized spacial score (nSPS) is 17.3. The van der Waals surface area contributed by atoms with E-state index in [1.165, 1.54) is 16.1 Å². The summed E-state index contributed by atoms with van der Waals surface area (Å²) in [5.74, 6) is 0.995. The Morgan fingerprint density at radius 3 is 2.89 bits per heavy atom. The van der Waals surface area contributed by atoms with Crippen LogP contribution in [0, 0.1) is 13.8 Å². The van der Waals surface area contributed by atoms with Crippen LogP contribution in [0.15, 0.2) is 34.6 Å². The highest BCUT2D eigenvalue weighted by molar-refractivity contribution is 14.0. The summed E-state index contributed by atoms with van der Waals surface area (Å²) in [6.07, 6.45) is 2.12. The van der Waals surface area contributed by atoms with Crippen molar-refractivity contribution in [2.75, 3.05) is 32.8 Å². The van der Waals surface area contributed by atoms with Gasteiger partial charge in [-0.15, -0.1) is 35.3 Å². The molecule has 0 saturated carbocycles. The van der Waals surface area contributed by atoms with Crippen LogP contribution >= 0.6 is 35.3 Å². The van der Waals surface area contributed by atoms with Crippen molar-refractivity contribution >= 4 is 41.3 Å². The molecule has 2 aromatic rings. The molecule has 154 valence electrons. The minimum Gasteiger partial charge on any atom is -0.370 e. The Labute approximate surface area is 189 Å². The van der Waals surface area contributed by atoms with E-state index in [1.807, 2.05) is 6.92 Å². The van der Waals surface area contributed by atoms with E-state index in [0.29, 0.717) is 0 Å². The molecule has 0 spiro atoms. The standard InChI is InChI=1S/C21H30N4OS.HI/c1-4-22-21(23-11-7-10-20-24-17(3)15-27-20)25-12-13-26-19(14-25)18-9-6-5-8-16(18)2;/h5-6,8-9,15,19H,4,7,10-14H2,1-3H3,(H,22,23);1H. The quantitative estimate of drug-likeness (QED) is 0.270. The van der Waals surface area contributed by atoms with Crippen LogP contribution in [-0.2, 0) is 11.2 Å². The molecule has 7 heteroatoms. The molecule has 1 saturated heterocycles. The van der Waals surface area contributed by atoms with Crippen LogP contribution in [0.4, 0.5) is 0 Å². The first-order valence-corrected chi connectivity index (χ1v) is 10.7. The predicted molar refractivity (Wildman–Crippen MR) is 128 cm³/mol. The van der Waals surface area contributed by atoms with E-state index in [0.717, 1.165) is 57.3 Å². The minimum absolute atomic E-state index is 0. The van der Waals surface area contributed by atoms with Gasteiger partial charge in [-0.3, -0.25) is 4.99 Å². The van der Waals surface area contributed by atoms with Gasteiger partial charge in [0.1, 0.15) is 6.10 Å². The Hall–Kier alpha value is -1.19. The fourth-order valence-corrected chi connectivity index (χ4v) is 4.15. The number of halogens is 1. The van der Waals surface area contributed by atoms with Crippen molar-refractivity contribution in [3.63, 3.8) is 0 Å². The number of hydrogen-bond acceptors (Lipinski definition) is 4. The first-order chi connectivity index (χ1) is 13.2. The Balaban J connectivity index is 0.00000280. The van der Waals surface area contributed by atoms with Crippen molar-refractivity contribution in [1.82, 2.24) is 15.2 Å². The third-order valence-corrected chi connectivity index (χ3v) is 5.74. The summed E-state index contributed by atoms with van der Waals surface area (Å²) >= 11 is 1.74. The number of rotatable bonds is 6. The van der Waals surface area contributed by atoms with Gasteiger partial charge in [0.15, 0.2) is 5.96 Å². The SMILES string of the molecule is CCNC(=NCCCc1nc(C)cs1)N1CCOC(c2ccccc2C)C1.I. The van der Waals surface area contributed by atoms with E-state index in [4.69, 9.17) is 9.73 Å². The molecule has 3 rings (SSSR count). The topological polar surface area (TPSA) is 49.8 Å². The van der Waals surface area contributed by atoms with Gasteiger partial charge < -0.3 is 15.0 Å². The fourth-order valence-electron chi connectivity index (χ4n) is 3.34. The number of aromatic nitrogens is 1. The molecule has 1 aliphatic rings. The summed E-state index contributed by atoms with van der Waals surface area (Å²) in [5, 5.41) is 6.77. The molecular weight excluding hydrogens is 483 g/mol. The lowest BCUT2D eigenvalue weighted by Gasteiger charge is -2.35. The largest absolute Gasteiger partial charge is 0.370 e. The average molecular weight is 514 g/mol. The second kappa shape index (κ2) is 11.7. The van der Waals surface area contributed by atoms with Gasteiger partial charge in [-0.1, -0.05) is 24.3 Å². The van der Waals surface area contributed by atoms with Gasteiger partial charge in [0.25, 0.3) is 0 Å². The molecule has 0 radical (unpaired) electrons. The summed E-state index contributed by atoms with van der Waals surface area (Å²) in [7, 11) is 0. The van der Waals surface area contributed by atoms with Crippen molar-refractivity contribution in [3.05, 3.63) is 51.5 Å². The molecule has 2 heterocycles. The molecule has 0 amide bonds. The molecule has 0 aliphatic carbocycles. The van der Waals surface area contributed by atoms with E-state index in [1.54, 1.807) is 11.3 Å². The predicted octanol–water partition coefficient (Wildman–Crippen LogP) is 4.35. The number of benzene rings is 1. The number of aryl methyl sites for hydroxylation is 3. The molecule has 1 aromatic carbocycles. The number of hydrogen-bond donors (Lipinski definition) is 1. The van der Waals surface area contributed by atoms with Gasteiger partial charge in [-0.2, -0.15) is 0 Å². The summed E-state index contributed by atoms with van der Waals surface area (Å²) in [5.41, 5.74) is 3.67. The lowest BCUT2D eigenvalue weighted by molar-refractivity contribution is -0.00832. The van der Waals surface area contributed by atoms with Gasteiger partial charge >= 0.3 is 0 Å². The third kappa shape index (κ3) is 6.42. The molecule has 1 aliphatic heterocycles. The molecule has 28 heavy (non-hydrogen) atoms. The Kier molecular flexibility index (Phi) is 9.67. The van der Waals surface area contributed by atoms with Gasteiger partial charge in [-0.25, -0.2) is 4.98 Å². The minimum atomic E-state index is 0. The maximum absolute atomic E-state index is 6.06. The number of guanidine groups is 1. The van der Waals surface area contributed by atoms with E-state index >= 15 is 0 Å². The number of nitrogens with one attached hydrogen (secondary N) is 1. The number of nitrogens with zero attached hydrogens (tertiary/aromatic N) is 3. The zero-order chi connectivity index (χ0) is 19.1. The summed E-state index contributed by atoms with van der Waals surface area (Å²) in [6.45, 7) is 10.4. The van der Waals surface area contributed by atoms with E-state index < -0.39 is 0 Å². The van der Waals surface area contributed by atoms with E-state index in [2.05, 4.69) is 58.7 Å². The van der Waals surface area contributed by atoms with Gasteiger partial charge in [0, 0.05) is 37.1 Å². The molecule has 1 unspecified atom stereocenters. The number of morpholine rings is 1. The molecule has 5 nitrogen and oxygen atoms in total. The van der Waals surface area contributed by atoms with Crippen molar-refractivity contribution in [3.8, 4) is 0 Å². The Bertz CT molecular complexity index is 764. The van der Waals surface area contributed by atoms with Crippen LogP contribution < -0.4 is 5.32 Å². The van der Waals surface area contributed by atoms with E-state index in [-0.39, 0.29) is 30.1 Å². The molecule has 1 fully saturated rings. The van der Waals surface area contributed by atoms with Crippen LogP contribution in [0.25, 0.3) is 0 Å². The van der Waals surface area contributed by atoms with Crippen molar-refractivity contribution < 1.29 is 4.74 Å². The van der Waals surface area contributed by atoms with Crippen LogP contribution in [-0.4, -0.2) is 48.6 Å². The highest BCUT2D eigenvalue weighted by atomic mass is 127. The van der Waals surface area contributed by atoms with Gasteiger partial charge in [0.2, 0.25) is 0 Å². The second-order valence-electron chi connectivity index (χ2n) is 6.88. The smallest absolute Gasteiger partial charge is 0.194 e. The lowest BCUT2D eigenvalue weighted by Crippen LogP contribution is -2.48. The van der Waals surface area contributed by atoms with E-state index in [9.17, 15) is 0 Å². The summed E-state index contributed by atoms with van der Waals surface area (Å²) in [4.78, 5) is 11.7. The zero-order valence-corrected chi connectivity index (χ0v) is 20.1. The average Bonchev–Trinajstić information content (AvgIpc) is 3.10. The molecule has 0 bridgehead atoms. The molecule has 1 atom stereocenters. The van der Waals surface area contributed by atoms with Gasteiger partial charge in [-0.05, 0) is 38.3 Å². The fraction of sp³-hybridized carbons (Fsp3) is 0.524. The van der Waals surface area contributed by atoms with Crippen LogP contribution in [0.3, 0.4) is 0 Å². The highest BCUT2D eigenvalue weighted by Crippen LogP contribution is 2.25. The third-order valence-electron chi connectivity index (χ3n) is 4.71.